The van der Waals surface area contributed by atoms with Gasteiger partial charge in [-0.1, -0.05) is 0 Å². The van der Waals surface area contributed by atoms with Crippen LogP contribution in [0.15, 0.2) is 41.1 Å². The summed E-state index contributed by atoms with van der Waals surface area (Å²) >= 11 is 0. The van der Waals surface area contributed by atoms with Gasteiger partial charge in [0.05, 0.1) is 16.7 Å². The second kappa shape index (κ2) is 7.40. The number of fused-ring (bicyclic) bond motifs is 2. The molecule has 1 amide bonds. The Hall–Kier alpha value is -3.82. The largest absolute Gasteiger partial charge is 0.488 e. The summed E-state index contributed by atoms with van der Waals surface area (Å²) in [6.45, 7) is -0.701. The normalized spacial score (nSPS) is 14.8. The lowest BCUT2D eigenvalue weighted by atomic mass is 9.98. The summed E-state index contributed by atoms with van der Waals surface area (Å²) in [6.07, 6.45) is 2.03. The van der Waals surface area contributed by atoms with Crippen molar-refractivity contribution in [3.05, 3.63) is 42.4 Å². The SMILES string of the molecule is CNc1ncc(-c2nc3cc(OCC(F)F)ccc3o2)c2cc(C3(C(N)=O)CC3)ncc12. The van der Waals surface area contributed by atoms with Gasteiger partial charge in [0.1, 0.15) is 23.7 Å². The van der Waals surface area contributed by atoms with Crippen LogP contribution in [0.5, 0.6) is 5.75 Å². The van der Waals surface area contributed by atoms with Crippen molar-refractivity contribution in [1.82, 2.24) is 15.0 Å². The molecule has 32 heavy (non-hydrogen) atoms. The molecular formula is C22H19F2N5O3. The zero-order valence-corrected chi connectivity index (χ0v) is 17.1. The van der Waals surface area contributed by atoms with Gasteiger partial charge < -0.3 is 20.2 Å². The molecule has 1 aromatic carbocycles. The van der Waals surface area contributed by atoms with Gasteiger partial charge in [0, 0.05) is 36.3 Å². The van der Waals surface area contributed by atoms with Crippen LogP contribution < -0.4 is 15.8 Å². The maximum atomic E-state index is 12.4. The van der Waals surface area contributed by atoms with Crippen molar-refractivity contribution >= 4 is 33.6 Å². The Morgan fingerprint density at radius 1 is 1.25 bits per heavy atom. The Bertz CT molecular complexity index is 1350. The Labute approximate surface area is 180 Å². The maximum Gasteiger partial charge on any atom is 0.272 e. The van der Waals surface area contributed by atoms with Crippen LogP contribution in [0.4, 0.5) is 14.6 Å². The van der Waals surface area contributed by atoms with E-state index < -0.39 is 24.4 Å². The predicted molar refractivity (Wildman–Crippen MR) is 114 cm³/mol. The number of nitrogens with one attached hydrogen (secondary N) is 1. The van der Waals surface area contributed by atoms with Crippen LogP contribution in [0.2, 0.25) is 0 Å². The predicted octanol–water partition coefficient (Wildman–Crippen LogP) is 3.64. The fraction of sp³-hybridized carbons (Fsp3) is 0.273. The zero-order chi connectivity index (χ0) is 22.5. The van der Waals surface area contributed by atoms with E-state index in [0.29, 0.717) is 46.9 Å². The molecule has 4 aromatic rings. The third kappa shape index (κ3) is 3.28. The van der Waals surface area contributed by atoms with E-state index in [1.807, 2.05) is 6.07 Å². The molecule has 0 radical (unpaired) electrons. The van der Waals surface area contributed by atoms with E-state index in [-0.39, 0.29) is 5.75 Å². The molecule has 3 N–H and O–H groups in total. The molecule has 8 nitrogen and oxygen atoms in total. The van der Waals surface area contributed by atoms with Crippen LogP contribution in [-0.4, -0.2) is 40.9 Å². The third-order valence-corrected chi connectivity index (χ3v) is 5.69. The number of benzene rings is 1. The van der Waals surface area contributed by atoms with Gasteiger partial charge in [0.25, 0.3) is 6.43 Å². The first-order valence-electron chi connectivity index (χ1n) is 10.00. The minimum absolute atomic E-state index is 0.273. The molecule has 0 unspecified atom stereocenters. The number of amides is 1. The fourth-order valence-electron chi connectivity index (χ4n) is 3.79. The lowest BCUT2D eigenvalue weighted by molar-refractivity contribution is -0.120. The number of nitrogens with two attached hydrogens (primary N) is 1. The highest BCUT2D eigenvalue weighted by Crippen LogP contribution is 2.48. The molecule has 0 spiro atoms. The first kappa shape index (κ1) is 20.1. The molecule has 1 fully saturated rings. The van der Waals surface area contributed by atoms with E-state index in [0.717, 1.165) is 10.8 Å². The zero-order valence-electron chi connectivity index (χ0n) is 17.1. The monoisotopic (exact) mass is 439 g/mol. The Morgan fingerprint density at radius 3 is 2.75 bits per heavy atom. The van der Waals surface area contributed by atoms with Crippen LogP contribution in [0.1, 0.15) is 18.5 Å². The van der Waals surface area contributed by atoms with Gasteiger partial charge in [-0.2, -0.15) is 0 Å². The maximum absolute atomic E-state index is 12.4. The van der Waals surface area contributed by atoms with E-state index in [1.54, 1.807) is 37.6 Å². The number of rotatable bonds is 7. The molecule has 164 valence electrons. The van der Waals surface area contributed by atoms with Crippen LogP contribution in [-0.2, 0) is 10.2 Å². The molecule has 3 aromatic heterocycles. The number of carbonyl (C=O) groups is 1. The number of nitrogens with zero attached hydrogens (tertiary/aromatic N) is 3. The van der Waals surface area contributed by atoms with Gasteiger partial charge in [-0.3, -0.25) is 9.78 Å². The van der Waals surface area contributed by atoms with Crippen molar-refractivity contribution in [2.24, 2.45) is 5.73 Å². The van der Waals surface area contributed by atoms with Crippen LogP contribution in [0.25, 0.3) is 33.3 Å². The lowest BCUT2D eigenvalue weighted by Gasteiger charge is -2.13. The third-order valence-electron chi connectivity index (χ3n) is 5.69. The minimum Gasteiger partial charge on any atom is -0.488 e. The van der Waals surface area contributed by atoms with E-state index >= 15 is 0 Å². The minimum atomic E-state index is -2.57. The number of pyridine rings is 2. The second-order valence-electron chi connectivity index (χ2n) is 7.68. The number of hydrogen-bond acceptors (Lipinski definition) is 7. The number of anilines is 1. The molecular weight excluding hydrogens is 420 g/mol. The van der Waals surface area contributed by atoms with Crippen molar-refractivity contribution in [3.63, 3.8) is 0 Å². The quantitative estimate of drug-likeness (QED) is 0.452. The van der Waals surface area contributed by atoms with Crippen molar-refractivity contribution in [3.8, 4) is 17.2 Å². The summed E-state index contributed by atoms with van der Waals surface area (Å²) in [6, 6.07) is 6.54. The van der Waals surface area contributed by atoms with Crippen molar-refractivity contribution in [2.75, 3.05) is 19.0 Å². The Balaban J connectivity index is 1.63. The van der Waals surface area contributed by atoms with E-state index in [1.165, 1.54) is 0 Å². The number of aromatic nitrogens is 3. The number of primary amides is 1. The summed E-state index contributed by atoms with van der Waals surface area (Å²) in [4.78, 5) is 25.4. The van der Waals surface area contributed by atoms with Crippen LogP contribution >= 0.6 is 0 Å². The molecule has 1 saturated carbocycles. The molecule has 0 atom stereocenters. The highest BCUT2D eigenvalue weighted by atomic mass is 19.3. The number of carbonyl (C=O) groups excluding carboxylic acids is 1. The molecule has 1 aliphatic rings. The van der Waals surface area contributed by atoms with Gasteiger partial charge in [0.15, 0.2) is 5.58 Å². The first-order chi connectivity index (χ1) is 15.4. The summed E-state index contributed by atoms with van der Waals surface area (Å²) in [5.74, 6) is 0.791. The van der Waals surface area contributed by atoms with Gasteiger partial charge in [0.2, 0.25) is 11.8 Å². The van der Waals surface area contributed by atoms with Gasteiger partial charge in [-0.15, -0.1) is 0 Å². The lowest BCUT2D eigenvalue weighted by Crippen LogP contribution is -2.29. The summed E-state index contributed by atoms with van der Waals surface area (Å²) in [5, 5.41) is 4.52. The highest BCUT2D eigenvalue weighted by molar-refractivity contribution is 6.01. The highest BCUT2D eigenvalue weighted by Gasteiger charge is 2.51. The summed E-state index contributed by atoms with van der Waals surface area (Å²) in [5.41, 5.74) is 7.03. The van der Waals surface area contributed by atoms with Gasteiger partial charge >= 0.3 is 0 Å². The molecule has 1 aliphatic carbocycles. The standard InChI is InChI=1S/C22H19F2N5O3/c1-26-19-13-8-27-17(22(4-5-22)21(25)30)7-12(13)14(9-28-19)20-29-15-6-11(31-10-18(23)24)2-3-16(15)32-20/h2-3,6-9,18H,4-5,10H2,1H3,(H2,25,30)(H,26,28). The fourth-order valence-corrected chi connectivity index (χ4v) is 3.79. The molecule has 10 heteroatoms. The molecule has 0 saturated heterocycles. The van der Waals surface area contributed by atoms with Crippen molar-refractivity contribution < 1.29 is 22.7 Å². The van der Waals surface area contributed by atoms with E-state index in [9.17, 15) is 13.6 Å². The second-order valence-corrected chi connectivity index (χ2v) is 7.68. The van der Waals surface area contributed by atoms with Crippen LogP contribution in [0.3, 0.4) is 0 Å². The van der Waals surface area contributed by atoms with E-state index in [2.05, 4.69) is 20.3 Å². The number of ether oxygens (including phenoxy) is 1. The number of oxazole rings is 1. The van der Waals surface area contributed by atoms with Crippen molar-refractivity contribution in [2.45, 2.75) is 24.7 Å². The van der Waals surface area contributed by atoms with Gasteiger partial charge in [-0.25, -0.2) is 18.7 Å². The summed E-state index contributed by atoms with van der Waals surface area (Å²) < 4.78 is 35.9. The first-order valence-corrected chi connectivity index (χ1v) is 10.00. The number of alkyl halides is 2. The molecule has 0 bridgehead atoms. The number of hydrogen-bond donors (Lipinski definition) is 2. The average molecular weight is 439 g/mol. The topological polar surface area (TPSA) is 116 Å². The van der Waals surface area contributed by atoms with Crippen molar-refractivity contribution in [1.29, 1.82) is 0 Å². The number of halogens is 2. The Kier molecular flexibility index (Phi) is 4.65. The smallest absolute Gasteiger partial charge is 0.272 e. The van der Waals surface area contributed by atoms with Crippen LogP contribution in [0, 0.1) is 0 Å². The molecule has 0 aliphatic heterocycles. The molecule has 5 rings (SSSR count). The van der Waals surface area contributed by atoms with Gasteiger partial charge in [-0.05, 0) is 31.0 Å². The Morgan fingerprint density at radius 2 is 2.06 bits per heavy atom. The average Bonchev–Trinajstić information content (AvgIpc) is 3.50. The molecule has 3 heterocycles. The van der Waals surface area contributed by atoms with E-state index in [4.69, 9.17) is 14.9 Å². The summed E-state index contributed by atoms with van der Waals surface area (Å²) in [7, 11) is 1.75.